The standard InChI is InChI=1S/C22H22FN3O2/c23-18-9-7-16(8-10-18)15-26-20-17(6-5-11-24-20)14-19(22(26)28)21(27)25-12-3-1-2-4-13-25/h5-11,14H,1-4,12-13,15H2. The number of hydrogen-bond donors (Lipinski definition) is 0. The van der Waals surface area contributed by atoms with Gasteiger partial charge in [0.1, 0.15) is 17.0 Å². The molecule has 6 heteroatoms. The molecule has 4 rings (SSSR count). The van der Waals surface area contributed by atoms with Crippen LogP contribution in [0, 0.1) is 5.82 Å². The molecular weight excluding hydrogens is 357 g/mol. The highest BCUT2D eigenvalue weighted by molar-refractivity contribution is 5.97. The SMILES string of the molecule is O=C(c1cc2cccnc2n(Cc2ccc(F)cc2)c1=O)N1CCCCCC1. The fourth-order valence-electron chi connectivity index (χ4n) is 3.72. The number of amides is 1. The minimum absolute atomic E-state index is 0.171. The molecular formula is C22H22FN3O2. The number of halogens is 1. The summed E-state index contributed by atoms with van der Waals surface area (Å²) in [4.78, 5) is 32.5. The van der Waals surface area contributed by atoms with E-state index in [2.05, 4.69) is 4.98 Å². The Morgan fingerprint density at radius 1 is 1.04 bits per heavy atom. The molecule has 1 fully saturated rings. The Balaban J connectivity index is 1.79. The van der Waals surface area contributed by atoms with Gasteiger partial charge in [0, 0.05) is 24.7 Å². The summed E-state index contributed by atoms with van der Waals surface area (Å²) in [6, 6.07) is 11.3. The average Bonchev–Trinajstić information content (AvgIpc) is 3.00. The molecule has 1 amide bonds. The first-order chi connectivity index (χ1) is 13.6. The third-order valence-corrected chi connectivity index (χ3v) is 5.23. The maximum absolute atomic E-state index is 13.2. The van der Waals surface area contributed by atoms with Crippen LogP contribution < -0.4 is 5.56 Å². The molecule has 2 aromatic heterocycles. The topological polar surface area (TPSA) is 55.2 Å². The number of rotatable bonds is 3. The maximum atomic E-state index is 13.2. The summed E-state index contributed by atoms with van der Waals surface area (Å²) >= 11 is 0. The smallest absolute Gasteiger partial charge is 0.265 e. The molecule has 5 nitrogen and oxygen atoms in total. The molecule has 3 heterocycles. The Hall–Kier alpha value is -3.02. The molecule has 0 aliphatic carbocycles. The van der Waals surface area contributed by atoms with Crippen molar-refractivity contribution in [3.63, 3.8) is 0 Å². The molecule has 0 radical (unpaired) electrons. The number of carbonyl (C=O) groups is 1. The Labute approximate surface area is 162 Å². The van der Waals surface area contributed by atoms with Crippen LogP contribution in [-0.4, -0.2) is 33.4 Å². The van der Waals surface area contributed by atoms with Crippen LogP contribution in [0.25, 0.3) is 11.0 Å². The minimum atomic E-state index is -0.357. The van der Waals surface area contributed by atoms with E-state index in [1.54, 1.807) is 35.4 Å². The number of hydrogen-bond acceptors (Lipinski definition) is 3. The third kappa shape index (κ3) is 3.67. The summed E-state index contributed by atoms with van der Waals surface area (Å²) in [6.45, 7) is 1.59. The Morgan fingerprint density at radius 3 is 2.46 bits per heavy atom. The van der Waals surface area contributed by atoms with Crippen LogP contribution in [0.2, 0.25) is 0 Å². The summed E-state index contributed by atoms with van der Waals surface area (Å²) in [6.07, 6.45) is 5.77. The number of likely N-dealkylation sites (tertiary alicyclic amines) is 1. The Kier molecular flexibility index (Phi) is 5.19. The lowest BCUT2D eigenvalue weighted by Gasteiger charge is -2.21. The van der Waals surface area contributed by atoms with Gasteiger partial charge < -0.3 is 4.90 Å². The molecule has 1 saturated heterocycles. The van der Waals surface area contributed by atoms with Crippen LogP contribution in [-0.2, 0) is 6.54 Å². The van der Waals surface area contributed by atoms with Gasteiger partial charge in [-0.3, -0.25) is 14.2 Å². The zero-order valence-electron chi connectivity index (χ0n) is 15.6. The molecule has 1 aliphatic rings. The monoisotopic (exact) mass is 379 g/mol. The van der Waals surface area contributed by atoms with E-state index in [0.29, 0.717) is 18.7 Å². The number of pyridine rings is 2. The van der Waals surface area contributed by atoms with E-state index in [-0.39, 0.29) is 29.4 Å². The molecule has 0 spiro atoms. The van der Waals surface area contributed by atoms with E-state index in [4.69, 9.17) is 0 Å². The van der Waals surface area contributed by atoms with Crippen molar-refractivity contribution in [1.82, 2.24) is 14.5 Å². The summed E-state index contributed by atoms with van der Waals surface area (Å²) < 4.78 is 14.7. The van der Waals surface area contributed by atoms with Gasteiger partial charge in [0.05, 0.1) is 6.54 Å². The van der Waals surface area contributed by atoms with Crippen LogP contribution in [0.3, 0.4) is 0 Å². The van der Waals surface area contributed by atoms with Gasteiger partial charge in [0.25, 0.3) is 11.5 Å². The zero-order chi connectivity index (χ0) is 19.5. The van der Waals surface area contributed by atoms with Crippen molar-refractivity contribution in [1.29, 1.82) is 0 Å². The summed E-state index contributed by atoms with van der Waals surface area (Å²) in [7, 11) is 0. The summed E-state index contributed by atoms with van der Waals surface area (Å²) in [5.41, 5.74) is 1.10. The second-order valence-electron chi connectivity index (χ2n) is 7.20. The molecule has 0 atom stereocenters. The van der Waals surface area contributed by atoms with Gasteiger partial charge in [-0.15, -0.1) is 0 Å². The lowest BCUT2D eigenvalue weighted by Crippen LogP contribution is -2.37. The number of carbonyl (C=O) groups excluding carboxylic acids is 1. The second kappa shape index (κ2) is 7.92. The first kappa shape index (κ1) is 18.3. The van der Waals surface area contributed by atoms with Crippen LogP contribution in [0.1, 0.15) is 41.6 Å². The lowest BCUT2D eigenvalue weighted by atomic mass is 10.1. The maximum Gasteiger partial charge on any atom is 0.265 e. The summed E-state index contributed by atoms with van der Waals surface area (Å²) in [5.74, 6) is -0.547. The van der Waals surface area contributed by atoms with E-state index < -0.39 is 0 Å². The molecule has 0 bridgehead atoms. The number of benzene rings is 1. The molecule has 28 heavy (non-hydrogen) atoms. The van der Waals surface area contributed by atoms with Gasteiger partial charge in [-0.2, -0.15) is 0 Å². The van der Waals surface area contributed by atoms with Crippen molar-refractivity contribution in [2.45, 2.75) is 32.2 Å². The highest BCUT2D eigenvalue weighted by atomic mass is 19.1. The van der Waals surface area contributed by atoms with Crippen molar-refractivity contribution < 1.29 is 9.18 Å². The highest BCUT2D eigenvalue weighted by Crippen LogP contribution is 2.16. The number of fused-ring (bicyclic) bond motifs is 1. The van der Waals surface area contributed by atoms with E-state index in [9.17, 15) is 14.0 Å². The van der Waals surface area contributed by atoms with Crippen molar-refractivity contribution >= 4 is 16.9 Å². The fraction of sp³-hybridized carbons (Fsp3) is 0.318. The van der Waals surface area contributed by atoms with Gasteiger partial charge in [0.15, 0.2) is 0 Å². The molecule has 0 unspecified atom stereocenters. The van der Waals surface area contributed by atoms with Gasteiger partial charge in [-0.1, -0.05) is 25.0 Å². The van der Waals surface area contributed by atoms with Crippen LogP contribution in [0.5, 0.6) is 0 Å². The zero-order valence-corrected chi connectivity index (χ0v) is 15.6. The molecule has 0 N–H and O–H groups in total. The van der Waals surface area contributed by atoms with Crippen molar-refractivity contribution in [3.05, 3.63) is 76.0 Å². The second-order valence-corrected chi connectivity index (χ2v) is 7.20. The van der Waals surface area contributed by atoms with Crippen LogP contribution >= 0.6 is 0 Å². The van der Waals surface area contributed by atoms with Crippen molar-refractivity contribution in [3.8, 4) is 0 Å². The predicted octanol–water partition coefficient (Wildman–Crippen LogP) is 3.60. The molecule has 1 aromatic carbocycles. The summed E-state index contributed by atoms with van der Waals surface area (Å²) in [5, 5.41) is 0.738. The Morgan fingerprint density at radius 2 is 1.75 bits per heavy atom. The van der Waals surface area contributed by atoms with E-state index in [0.717, 1.165) is 36.6 Å². The minimum Gasteiger partial charge on any atom is -0.338 e. The Bertz CT molecular complexity index is 1050. The fourth-order valence-corrected chi connectivity index (χ4v) is 3.72. The third-order valence-electron chi connectivity index (χ3n) is 5.23. The lowest BCUT2D eigenvalue weighted by molar-refractivity contribution is 0.0759. The van der Waals surface area contributed by atoms with Gasteiger partial charge in [0.2, 0.25) is 0 Å². The average molecular weight is 379 g/mol. The van der Waals surface area contributed by atoms with E-state index >= 15 is 0 Å². The quantitative estimate of drug-likeness (QED) is 0.699. The van der Waals surface area contributed by atoms with Gasteiger partial charge in [-0.25, -0.2) is 9.37 Å². The molecule has 144 valence electrons. The first-order valence-corrected chi connectivity index (χ1v) is 9.66. The molecule has 3 aromatic rings. The van der Waals surface area contributed by atoms with Crippen LogP contribution in [0.15, 0.2) is 53.5 Å². The first-order valence-electron chi connectivity index (χ1n) is 9.66. The highest BCUT2D eigenvalue weighted by Gasteiger charge is 2.22. The van der Waals surface area contributed by atoms with Crippen molar-refractivity contribution in [2.75, 3.05) is 13.1 Å². The number of nitrogens with zero attached hydrogens (tertiary/aromatic N) is 3. The van der Waals surface area contributed by atoms with Gasteiger partial charge >= 0.3 is 0 Å². The normalized spacial score (nSPS) is 14.8. The van der Waals surface area contributed by atoms with E-state index in [1.165, 1.54) is 16.7 Å². The number of aromatic nitrogens is 2. The largest absolute Gasteiger partial charge is 0.338 e. The van der Waals surface area contributed by atoms with E-state index in [1.807, 2.05) is 6.07 Å². The molecule has 0 saturated carbocycles. The predicted molar refractivity (Wildman–Crippen MR) is 106 cm³/mol. The van der Waals surface area contributed by atoms with Gasteiger partial charge in [-0.05, 0) is 48.7 Å². The molecule has 1 aliphatic heterocycles. The van der Waals surface area contributed by atoms with Crippen LogP contribution in [0.4, 0.5) is 4.39 Å². The van der Waals surface area contributed by atoms with Crippen molar-refractivity contribution in [2.24, 2.45) is 0 Å².